The van der Waals surface area contributed by atoms with E-state index >= 15 is 0 Å². The number of nitrogens with one attached hydrogen (secondary N) is 1. The van der Waals surface area contributed by atoms with Crippen molar-refractivity contribution in [1.82, 2.24) is 24.3 Å². The number of para-hydroxylation sites is 1. The molecule has 5 heteroatoms. The van der Waals surface area contributed by atoms with Gasteiger partial charge < -0.3 is 9.38 Å². The Morgan fingerprint density at radius 3 is 1.80 bits per heavy atom. The summed E-state index contributed by atoms with van der Waals surface area (Å²) in [7, 11) is 0. The van der Waals surface area contributed by atoms with Crippen molar-refractivity contribution in [2.24, 2.45) is 0 Å². The summed E-state index contributed by atoms with van der Waals surface area (Å²) < 4.78 is 2.28. The van der Waals surface area contributed by atoms with Gasteiger partial charge in [0.2, 0.25) is 0 Å². The maximum Gasteiger partial charge on any atom is 0.164 e. The van der Waals surface area contributed by atoms with E-state index in [2.05, 4.69) is 82.3 Å². The molecule has 0 saturated carbocycles. The van der Waals surface area contributed by atoms with Gasteiger partial charge in [-0.2, -0.15) is 0 Å². The highest BCUT2D eigenvalue weighted by Crippen LogP contribution is 2.39. The Labute approximate surface area is 230 Å². The number of benzene rings is 4. The van der Waals surface area contributed by atoms with Crippen LogP contribution in [0.25, 0.3) is 72.7 Å². The van der Waals surface area contributed by atoms with Gasteiger partial charge in [-0.3, -0.25) is 0 Å². The lowest BCUT2D eigenvalue weighted by molar-refractivity contribution is 1.07. The SMILES string of the molecule is c1ccc(-c2nc(-c3ccccc3)nc(-c3cccc(-c4c5[nH]c6ccccc6c5n5ccccc45)c3)n2)cc1. The van der Waals surface area contributed by atoms with Crippen LogP contribution >= 0.6 is 0 Å². The predicted octanol–water partition coefficient (Wildman–Crippen LogP) is 8.43. The van der Waals surface area contributed by atoms with E-state index in [1.807, 2.05) is 60.7 Å². The Morgan fingerprint density at radius 2 is 1.07 bits per heavy atom. The van der Waals surface area contributed by atoms with Crippen LogP contribution < -0.4 is 0 Å². The van der Waals surface area contributed by atoms with Crippen LogP contribution in [0.4, 0.5) is 0 Å². The third-order valence-electron chi connectivity index (χ3n) is 7.39. The van der Waals surface area contributed by atoms with E-state index < -0.39 is 0 Å². The van der Waals surface area contributed by atoms with Crippen molar-refractivity contribution in [1.29, 1.82) is 0 Å². The zero-order valence-electron chi connectivity index (χ0n) is 21.5. The lowest BCUT2D eigenvalue weighted by Crippen LogP contribution is -2.00. The van der Waals surface area contributed by atoms with E-state index in [1.165, 1.54) is 10.9 Å². The molecule has 0 bridgehead atoms. The third kappa shape index (κ3) is 3.60. The molecular weight excluding hydrogens is 490 g/mol. The molecule has 1 N–H and O–H groups in total. The molecule has 0 aliphatic heterocycles. The Balaban J connectivity index is 1.35. The van der Waals surface area contributed by atoms with Gasteiger partial charge in [-0.05, 0) is 29.8 Å². The normalized spacial score (nSPS) is 11.5. The van der Waals surface area contributed by atoms with E-state index in [9.17, 15) is 0 Å². The molecule has 0 aliphatic carbocycles. The summed E-state index contributed by atoms with van der Waals surface area (Å²) in [6.07, 6.45) is 2.13. The minimum atomic E-state index is 0.644. The molecule has 0 aliphatic rings. The van der Waals surface area contributed by atoms with E-state index in [0.29, 0.717) is 17.5 Å². The molecule has 0 fully saturated rings. The summed E-state index contributed by atoms with van der Waals surface area (Å²) in [5.74, 6) is 1.95. The maximum absolute atomic E-state index is 4.95. The van der Waals surface area contributed by atoms with Gasteiger partial charge in [0, 0.05) is 39.4 Å². The molecule has 0 unspecified atom stereocenters. The Hall–Kier alpha value is -5.55. The van der Waals surface area contributed by atoms with Crippen LogP contribution in [-0.4, -0.2) is 24.3 Å². The van der Waals surface area contributed by atoms with Gasteiger partial charge in [0.15, 0.2) is 17.5 Å². The van der Waals surface area contributed by atoms with Crippen molar-refractivity contribution >= 4 is 27.5 Å². The minimum absolute atomic E-state index is 0.644. The highest BCUT2D eigenvalue weighted by atomic mass is 15.0. The van der Waals surface area contributed by atoms with E-state index in [-0.39, 0.29) is 0 Å². The van der Waals surface area contributed by atoms with Gasteiger partial charge in [-0.1, -0.05) is 103 Å². The molecule has 0 saturated heterocycles. The summed E-state index contributed by atoms with van der Waals surface area (Å²) in [6.45, 7) is 0. The van der Waals surface area contributed by atoms with Crippen molar-refractivity contribution in [2.75, 3.05) is 0 Å². The predicted molar refractivity (Wildman–Crippen MR) is 162 cm³/mol. The Bertz CT molecular complexity index is 2100. The first-order chi connectivity index (χ1) is 19.8. The van der Waals surface area contributed by atoms with E-state index in [4.69, 9.17) is 15.0 Å². The van der Waals surface area contributed by atoms with Crippen LogP contribution in [-0.2, 0) is 0 Å². The zero-order chi connectivity index (χ0) is 26.5. The topological polar surface area (TPSA) is 58.9 Å². The molecule has 8 aromatic rings. The van der Waals surface area contributed by atoms with Gasteiger partial charge in [-0.15, -0.1) is 0 Å². The number of rotatable bonds is 4. The molecule has 0 amide bonds. The molecule has 5 nitrogen and oxygen atoms in total. The molecule has 4 aromatic heterocycles. The number of hydrogen-bond acceptors (Lipinski definition) is 3. The van der Waals surface area contributed by atoms with Crippen molar-refractivity contribution in [2.45, 2.75) is 0 Å². The highest BCUT2D eigenvalue weighted by Gasteiger charge is 2.19. The quantitative estimate of drug-likeness (QED) is 0.257. The number of nitrogens with zero attached hydrogens (tertiary/aromatic N) is 4. The summed E-state index contributed by atoms with van der Waals surface area (Å²) in [6, 6.07) is 43.5. The fourth-order valence-corrected chi connectivity index (χ4v) is 5.57. The molecule has 4 heterocycles. The van der Waals surface area contributed by atoms with Gasteiger partial charge in [0.1, 0.15) is 0 Å². The van der Waals surface area contributed by atoms with Gasteiger partial charge in [-0.25, -0.2) is 15.0 Å². The fraction of sp³-hybridized carbons (Fsp3) is 0. The summed E-state index contributed by atoms with van der Waals surface area (Å²) in [4.78, 5) is 18.4. The van der Waals surface area contributed by atoms with Crippen molar-refractivity contribution in [3.8, 4) is 45.3 Å². The van der Waals surface area contributed by atoms with Crippen molar-refractivity contribution in [3.05, 3.63) is 134 Å². The molecule has 40 heavy (non-hydrogen) atoms. The number of aromatic amines is 1. The fourth-order valence-electron chi connectivity index (χ4n) is 5.57. The maximum atomic E-state index is 4.95. The minimum Gasteiger partial charge on any atom is -0.353 e. The highest BCUT2D eigenvalue weighted by molar-refractivity contribution is 6.15. The second-order valence-electron chi connectivity index (χ2n) is 9.84. The number of H-pyrrole nitrogens is 1. The summed E-state index contributed by atoms with van der Waals surface area (Å²) in [5.41, 5.74) is 9.70. The van der Waals surface area contributed by atoms with Gasteiger partial charge in [0.25, 0.3) is 0 Å². The zero-order valence-corrected chi connectivity index (χ0v) is 21.5. The first-order valence-corrected chi connectivity index (χ1v) is 13.3. The van der Waals surface area contributed by atoms with Crippen LogP contribution in [0.5, 0.6) is 0 Å². The lowest BCUT2D eigenvalue weighted by atomic mass is 10.0. The van der Waals surface area contributed by atoms with E-state index in [0.717, 1.165) is 44.4 Å². The molecule has 4 aromatic carbocycles. The molecular formula is C35H23N5. The second-order valence-corrected chi connectivity index (χ2v) is 9.84. The number of aromatic nitrogens is 5. The molecule has 0 atom stereocenters. The third-order valence-corrected chi connectivity index (χ3v) is 7.39. The number of pyridine rings is 1. The summed E-state index contributed by atoms with van der Waals surface area (Å²) >= 11 is 0. The van der Waals surface area contributed by atoms with Crippen molar-refractivity contribution in [3.63, 3.8) is 0 Å². The molecule has 0 spiro atoms. The van der Waals surface area contributed by atoms with Crippen LogP contribution in [0.1, 0.15) is 0 Å². The van der Waals surface area contributed by atoms with Gasteiger partial charge in [0.05, 0.1) is 16.6 Å². The summed E-state index contributed by atoms with van der Waals surface area (Å²) in [5, 5.41) is 1.21. The Kier molecular flexibility index (Phi) is 5.07. The lowest BCUT2D eigenvalue weighted by Gasteiger charge is -2.09. The first-order valence-electron chi connectivity index (χ1n) is 13.3. The molecule has 8 rings (SSSR count). The molecule has 188 valence electrons. The average molecular weight is 514 g/mol. The average Bonchev–Trinajstić information content (AvgIpc) is 3.56. The van der Waals surface area contributed by atoms with E-state index in [1.54, 1.807) is 0 Å². The first kappa shape index (κ1) is 22.4. The largest absolute Gasteiger partial charge is 0.353 e. The van der Waals surface area contributed by atoms with Crippen LogP contribution in [0.2, 0.25) is 0 Å². The number of fused-ring (bicyclic) bond motifs is 5. The number of hydrogen-bond donors (Lipinski definition) is 1. The second kappa shape index (κ2) is 9.03. The molecule has 0 radical (unpaired) electrons. The van der Waals surface area contributed by atoms with Gasteiger partial charge >= 0.3 is 0 Å². The van der Waals surface area contributed by atoms with Crippen LogP contribution in [0.3, 0.4) is 0 Å². The Morgan fingerprint density at radius 1 is 0.500 bits per heavy atom. The monoisotopic (exact) mass is 513 g/mol. The van der Waals surface area contributed by atoms with Crippen molar-refractivity contribution < 1.29 is 0 Å². The standard InChI is InChI=1S/C35H23N5/c1-3-12-23(13-4-1)33-37-34(24-14-5-2-6-15-24)39-35(38-33)26-17-11-16-25(22-26)30-29-20-9-10-21-40(29)32-27-18-7-8-19-28(27)36-31(30)32/h1-22,36H. The van der Waals surface area contributed by atoms with Crippen LogP contribution in [0, 0.1) is 0 Å². The van der Waals surface area contributed by atoms with Crippen LogP contribution in [0.15, 0.2) is 134 Å². The smallest absolute Gasteiger partial charge is 0.164 e.